The van der Waals surface area contributed by atoms with Crippen molar-refractivity contribution in [2.75, 3.05) is 0 Å². The lowest BCUT2D eigenvalue weighted by Crippen LogP contribution is -1.95. The maximum Gasteiger partial charge on any atom is 0.276 e. The van der Waals surface area contributed by atoms with Gasteiger partial charge in [0, 0.05) is 6.07 Å². The first-order valence-corrected chi connectivity index (χ1v) is 6.43. The molecule has 2 aromatic carbocycles. The van der Waals surface area contributed by atoms with Gasteiger partial charge in [-0.3, -0.25) is 10.1 Å². The van der Waals surface area contributed by atoms with E-state index in [1.165, 1.54) is 6.07 Å². The van der Waals surface area contributed by atoms with Crippen LogP contribution in [0, 0.1) is 28.4 Å². The molecule has 0 bridgehead atoms. The Morgan fingerprint density at radius 3 is 2.65 bits per heavy atom. The Kier molecular flexibility index (Phi) is 4.01. The fourth-order valence-corrected chi connectivity index (χ4v) is 2.14. The summed E-state index contributed by atoms with van der Waals surface area (Å²) < 4.78 is 6.28. The van der Waals surface area contributed by atoms with Gasteiger partial charge in [0.25, 0.3) is 5.69 Å². The Balaban J connectivity index is 2.38. The molecule has 0 aliphatic carbocycles. The Bertz CT molecular complexity index is 723. The number of halogens is 1. The molecule has 0 aromatic heterocycles. The number of nitriles is 1. The lowest BCUT2D eigenvalue weighted by molar-refractivity contribution is -0.385. The van der Waals surface area contributed by atoms with E-state index in [1.807, 2.05) is 6.07 Å². The van der Waals surface area contributed by atoms with E-state index in [-0.39, 0.29) is 5.69 Å². The van der Waals surface area contributed by atoms with Crippen molar-refractivity contribution < 1.29 is 9.66 Å². The van der Waals surface area contributed by atoms with E-state index in [4.69, 9.17) is 10.00 Å². The molecule has 0 saturated heterocycles. The lowest BCUT2D eigenvalue weighted by atomic mass is 10.2. The molecule has 0 saturated carbocycles. The molecule has 0 radical (unpaired) electrons. The van der Waals surface area contributed by atoms with Gasteiger partial charge in [0.15, 0.2) is 0 Å². The maximum absolute atomic E-state index is 10.9. The SMILES string of the molecule is Cc1c(Oc2ccc(C#N)cc2Br)cccc1[N+](=O)[O-]. The van der Waals surface area contributed by atoms with Crippen LogP contribution in [0.5, 0.6) is 11.5 Å². The van der Waals surface area contributed by atoms with Gasteiger partial charge in [-0.15, -0.1) is 0 Å². The summed E-state index contributed by atoms with van der Waals surface area (Å²) in [6, 6.07) is 11.6. The second kappa shape index (κ2) is 5.72. The molecule has 0 atom stereocenters. The van der Waals surface area contributed by atoms with Crippen molar-refractivity contribution >= 4 is 21.6 Å². The van der Waals surface area contributed by atoms with E-state index in [2.05, 4.69) is 15.9 Å². The molecule has 5 nitrogen and oxygen atoms in total. The van der Waals surface area contributed by atoms with Crippen LogP contribution < -0.4 is 4.74 Å². The Morgan fingerprint density at radius 1 is 1.30 bits per heavy atom. The van der Waals surface area contributed by atoms with Crippen molar-refractivity contribution in [2.24, 2.45) is 0 Å². The lowest BCUT2D eigenvalue weighted by Gasteiger charge is -2.10. The van der Waals surface area contributed by atoms with Gasteiger partial charge >= 0.3 is 0 Å². The highest BCUT2D eigenvalue weighted by Gasteiger charge is 2.15. The molecule has 0 spiro atoms. The zero-order valence-corrected chi connectivity index (χ0v) is 12.0. The van der Waals surface area contributed by atoms with Gasteiger partial charge in [-0.1, -0.05) is 6.07 Å². The molecule has 0 unspecified atom stereocenters. The van der Waals surface area contributed by atoms with Gasteiger partial charge in [0.2, 0.25) is 0 Å². The summed E-state index contributed by atoms with van der Waals surface area (Å²) >= 11 is 3.31. The number of hydrogen-bond donors (Lipinski definition) is 0. The highest BCUT2D eigenvalue weighted by molar-refractivity contribution is 9.10. The van der Waals surface area contributed by atoms with Crippen LogP contribution in [-0.2, 0) is 0 Å². The van der Waals surface area contributed by atoms with E-state index < -0.39 is 4.92 Å². The minimum atomic E-state index is -0.448. The molecule has 0 aliphatic heterocycles. The fraction of sp³-hybridized carbons (Fsp3) is 0.0714. The van der Waals surface area contributed by atoms with Crippen LogP contribution in [0.3, 0.4) is 0 Å². The predicted molar refractivity (Wildman–Crippen MR) is 76.8 cm³/mol. The van der Waals surface area contributed by atoms with Crippen molar-refractivity contribution in [3.63, 3.8) is 0 Å². The molecule has 0 aliphatic rings. The monoisotopic (exact) mass is 332 g/mol. The molecule has 0 amide bonds. The molecule has 0 fully saturated rings. The standard InChI is InChI=1S/C14H9BrN2O3/c1-9-12(17(18)19)3-2-4-13(9)20-14-6-5-10(8-16)7-11(14)15/h2-7H,1H3. The number of nitrogens with zero attached hydrogens (tertiary/aromatic N) is 2. The Hall–Kier alpha value is -2.39. The van der Waals surface area contributed by atoms with E-state index in [0.717, 1.165) is 0 Å². The Labute approximate surface area is 123 Å². The average molecular weight is 333 g/mol. The summed E-state index contributed by atoms with van der Waals surface area (Å²) in [5, 5.41) is 19.7. The second-order valence-electron chi connectivity index (χ2n) is 4.02. The molecule has 0 N–H and O–H groups in total. The molecule has 0 heterocycles. The third kappa shape index (κ3) is 2.78. The van der Waals surface area contributed by atoms with Crippen LogP contribution in [0.2, 0.25) is 0 Å². The molecular formula is C14H9BrN2O3. The zero-order chi connectivity index (χ0) is 14.7. The van der Waals surface area contributed by atoms with Crippen molar-refractivity contribution in [2.45, 2.75) is 6.92 Å². The fourth-order valence-electron chi connectivity index (χ4n) is 1.68. The van der Waals surface area contributed by atoms with Crippen LogP contribution in [-0.4, -0.2) is 4.92 Å². The van der Waals surface area contributed by atoms with E-state index in [9.17, 15) is 10.1 Å². The van der Waals surface area contributed by atoms with E-state index >= 15 is 0 Å². The van der Waals surface area contributed by atoms with Crippen LogP contribution in [0.1, 0.15) is 11.1 Å². The summed E-state index contributed by atoms with van der Waals surface area (Å²) in [6.45, 7) is 1.63. The molecular weight excluding hydrogens is 324 g/mol. The van der Waals surface area contributed by atoms with Gasteiger partial charge in [-0.25, -0.2) is 0 Å². The molecule has 2 rings (SSSR count). The highest BCUT2D eigenvalue weighted by Crippen LogP contribution is 2.34. The largest absolute Gasteiger partial charge is 0.456 e. The molecule has 100 valence electrons. The number of hydrogen-bond acceptors (Lipinski definition) is 4. The maximum atomic E-state index is 10.9. The number of rotatable bonds is 3. The molecule has 20 heavy (non-hydrogen) atoms. The third-order valence-corrected chi connectivity index (χ3v) is 3.35. The first-order valence-electron chi connectivity index (χ1n) is 5.64. The van der Waals surface area contributed by atoms with Crippen LogP contribution in [0.4, 0.5) is 5.69 Å². The van der Waals surface area contributed by atoms with Gasteiger partial charge < -0.3 is 4.74 Å². The first-order chi connectivity index (χ1) is 9.52. The Morgan fingerprint density at radius 2 is 2.05 bits per heavy atom. The smallest absolute Gasteiger partial charge is 0.276 e. The minimum absolute atomic E-state index is 0.00673. The summed E-state index contributed by atoms with van der Waals surface area (Å²) in [5.74, 6) is 0.900. The number of nitro benzene ring substituents is 1. The summed E-state index contributed by atoms with van der Waals surface area (Å²) in [5.41, 5.74) is 0.959. The van der Waals surface area contributed by atoms with Crippen LogP contribution >= 0.6 is 15.9 Å². The molecule has 2 aromatic rings. The topological polar surface area (TPSA) is 76.2 Å². The van der Waals surface area contributed by atoms with Crippen LogP contribution in [0.25, 0.3) is 0 Å². The van der Waals surface area contributed by atoms with Crippen molar-refractivity contribution in [3.8, 4) is 17.6 Å². The minimum Gasteiger partial charge on any atom is -0.456 e. The van der Waals surface area contributed by atoms with Gasteiger partial charge in [0.05, 0.1) is 26.6 Å². The number of benzene rings is 2. The van der Waals surface area contributed by atoms with Crippen molar-refractivity contribution in [1.82, 2.24) is 0 Å². The van der Waals surface area contributed by atoms with Gasteiger partial charge in [0.1, 0.15) is 11.5 Å². The second-order valence-corrected chi connectivity index (χ2v) is 4.87. The number of nitro groups is 1. The summed E-state index contributed by atoms with van der Waals surface area (Å²) in [4.78, 5) is 10.4. The van der Waals surface area contributed by atoms with Gasteiger partial charge in [-0.05, 0) is 47.1 Å². The quantitative estimate of drug-likeness (QED) is 0.619. The first kappa shape index (κ1) is 14.0. The molecule has 6 heteroatoms. The normalized spacial score (nSPS) is 9.85. The van der Waals surface area contributed by atoms with Gasteiger partial charge in [-0.2, -0.15) is 5.26 Å². The van der Waals surface area contributed by atoms with E-state index in [1.54, 1.807) is 37.3 Å². The zero-order valence-electron chi connectivity index (χ0n) is 10.5. The van der Waals surface area contributed by atoms with Crippen LogP contribution in [0.15, 0.2) is 40.9 Å². The average Bonchev–Trinajstić information content (AvgIpc) is 2.42. The van der Waals surface area contributed by atoms with E-state index in [0.29, 0.717) is 27.1 Å². The summed E-state index contributed by atoms with van der Waals surface area (Å²) in [6.07, 6.45) is 0. The third-order valence-electron chi connectivity index (χ3n) is 2.73. The highest BCUT2D eigenvalue weighted by atomic mass is 79.9. The van der Waals surface area contributed by atoms with Crippen molar-refractivity contribution in [3.05, 3.63) is 62.1 Å². The predicted octanol–water partition coefficient (Wildman–Crippen LogP) is 4.33. The van der Waals surface area contributed by atoms with Crippen molar-refractivity contribution in [1.29, 1.82) is 5.26 Å². The summed E-state index contributed by atoms with van der Waals surface area (Å²) in [7, 11) is 0. The number of ether oxygens (including phenoxy) is 1.